The van der Waals surface area contributed by atoms with Crippen molar-refractivity contribution in [3.63, 3.8) is 0 Å². The van der Waals surface area contributed by atoms with E-state index in [2.05, 4.69) is 10.3 Å². The molecule has 1 atom stereocenters. The van der Waals surface area contributed by atoms with Gasteiger partial charge in [0.25, 0.3) is 0 Å². The number of rotatable bonds is 6. The van der Waals surface area contributed by atoms with Crippen LogP contribution in [0, 0.1) is 0 Å². The maximum atomic E-state index is 12.9. The van der Waals surface area contributed by atoms with Crippen LogP contribution in [0.3, 0.4) is 0 Å². The van der Waals surface area contributed by atoms with Crippen LogP contribution >= 0.6 is 0 Å². The summed E-state index contributed by atoms with van der Waals surface area (Å²) in [6.45, 7) is 4.93. The van der Waals surface area contributed by atoms with Gasteiger partial charge in [0.05, 0.1) is 12.6 Å². The van der Waals surface area contributed by atoms with Crippen LogP contribution < -0.4 is 10.1 Å². The first-order valence-electron chi connectivity index (χ1n) is 8.90. The third kappa shape index (κ3) is 4.37. The largest absolute Gasteiger partial charge is 0.494 e. The number of aryl methyl sites for hydroxylation is 1. The Morgan fingerprint density at radius 2 is 2.20 bits per heavy atom. The van der Waals surface area contributed by atoms with E-state index >= 15 is 0 Å². The zero-order chi connectivity index (χ0) is 17.5. The third-order valence-corrected chi connectivity index (χ3v) is 4.51. The van der Waals surface area contributed by atoms with E-state index in [9.17, 15) is 4.79 Å². The average molecular weight is 339 g/mol. The minimum absolute atomic E-state index is 0.0529. The lowest BCUT2D eigenvalue weighted by molar-refractivity contribution is -0.134. The molecule has 0 saturated carbocycles. The van der Waals surface area contributed by atoms with Gasteiger partial charge in [-0.05, 0) is 36.6 Å². The van der Waals surface area contributed by atoms with E-state index in [1.807, 2.05) is 54.4 Å². The van der Waals surface area contributed by atoms with Gasteiger partial charge in [0.1, 0.15) is 5.75 Å². The maximum Gasteiger partial charge on any atom is 0.223 e. The van der Waals surface area contributed by atoms with Crippen molar-refractivity contribution in [2.45, 2.75) is 25.8 Å². The number of nitrogens with zero attached hydrogens (tertiary/aromatic N) is 2. The van der Waals surface area contributed by atoms with E-state index in [1.54, 1.807) is 6.20 Å². The van der Waals surface area contributed by atoms with E-state index in [-0.39, 0.29) is 11.9 Å². The lowest BCUT2D eigenvalue weighted by Crippen LogP contribution is -2.48. The van der Waals surface area contributed by atoms with Crippen LogP contribution in [0.1, 0.15) is 30.5 Å². The van der Waals surface area contributed by atoms with Gasteiger partial charge in [0.2, 0.25) is 5.91 Å². The summed E-state index contributed by atoms with van der Waals surface area (Å²) in [6.07, 6.45) is 4.79. The van der Waals surface area contributed by atoms with Gasteiger partial charge < -0.3 is 15.0 Å². The molecule has 5 heteroatoms. The van der Waals surface area contributed by atoms with Gasteiger partial charge in [0.15, 0.2) is 0 Å². The Balaban J connectivity index is 1.67. The highest BCUT2D eigenvalue weighted by Gasteiger charge is 2.27. The monoisotopic (exact) mass is 339 g/mol. The molecule has 3 rings (SSSR count). The number of carbonyl (C=O) groups excluding carboxylic acids is 1. The molecule has 1 N–H and O–H groups in total. The number of pyridine rings is 1. The number of piperazine rings is 1. The van der Waals surface area contributed by atoms with Gasteiger partial charge in [0, 0.05) is 38.4 Å². The fourth-order valence-electron chi connectivity index (χ4n) is 3.27. The molecular weight excluding hydrogens is 314 g/mol. The van der Waals surface area contributed by atoms with Crippen molar-refractivity contribution in [3.8, 4) is 5.75 Å². The summed E-state index contributed by atoms with van der Waals surface area (Å²) >= 11 is 0. The smallest absolute Gasteiger partial charge is 0.223 e. The van der Waals surface area contributed by atoms with Crippen molar-refractivity contribution in [3.05, 3.63) is 59.9 Å². The summed E-state index contributed by atoms with van der Waals surface area (Å²) in [6, 6.07) is 12.0. The SMILES string of the molecule is CCOc1ccccc1CCC(=O)N1CCNCC1c1cccnc1. The summed E-state index contributed by atoms with van der Waals surface area (Å²) in [5.74, 6) is 1.06. The molecule has 1 amide bonds. The predicted molar refractivity (Wildman–Crippen MR) is 97.5 cm³/mol. The van der Waals surface area contributed by atoms with Gasteiger partial charge in [-0.25, -0.2) is 0 Å². The molecular formula is C20H25N3O2. The molecule has 25 heavy (non-hydrogen) atoms. The quantitative estimate of drug-likeness (QED) is 0.879. The molecule has 1 aliphatic rings. The Kier molecular flexibility index (Phi) is 6.01. The molecule has 0 bridgehead atoms. The van der Waals surface area contributed by atoms with Crippen molar-refractivity contribution in [2.75, 3.05) is 26.2 Å². The highest BCUT2D eigenvalue weighted by molar-refractivity contribution is 5.77. The summed E-state index contributed by atoms with van der Waals surface area (Å²) in [5, 5.41) is 3.38. The van der Waals surface area contributed by atoms with Gasteiger partial charge in [-0.3, -0.25) is 9.78 Å². The first kappa shape index (κ1) is 17.4. The van der Waals surface area contributed by atoms with Crippen LogP contribution in [-0.4, -0.2) is 42.0 Å². The molecule has 0 aliphatic carbocycles. The lowest BCUT2D eigenvalue weighted by atomic mass is 10.0. The number of hydrogen-bond donors (Lipinski definition) is 1. The molecule has 1 aromatic heterocycles. The molecule has 1 aliphatic heterocycles. The van der Waals surface area contributed by atoms with Crippen LogP contribution in [-0.2, 0) is 11.2 Å². The molecule has 1 aromatic carbocycles. The number of benzene rings is 1. The predicted octanol–water partition coefficient (Wildman–Crippen LogP) is 2.59. The van der Waals surface area contributed by atoms with Crippen molar-refractivity contribution in [2.24, 2.45) is 0 Å². The molecule has 0 radical (unpaired) electrons. The van der Waals surface area contributed by atoms with Crippen LogP contribution in [0.4, 0.5) is 0 Å². The number of aromatic nitrogens is 1. The molecule has 0 spiro atoms. The first-order chi connectivity index (χ1) is 12.3. The van der Waals surface area contributed by atoms with Crippen molar-refractivity contribution < 1.29 is 9.53 Å². The normalized spacial score (nSPS) is 17.3. The van der Waals surface area contributed by atoms with Crippen molar-refractivity contribution in [1.29, 1.82) is 0 Å². The average Bonchev–Trinajstić information content (AvgIpc) is 2.68. The second-order valence-electron chi connectivity index (χ2n) is 6.13. The highest BCUT2D eigenvalue weighted by atomic mass is 16.5. The highest BCUT2D eigenvalue weighted by Crippen LogP contribution is 2.24. The molecule has 1 fully saturated rings. The van der Waals surface area contributed by atoms with Crippen LogP contribution in [0.5, 0.6) is 5.75 Å². The molecule has 2 heterocycles. The Morgan fingerprint density at radius 3 is 3.00 bits per heavy atom. The Labute approximate surface area is 149 Å². The van der Waals surface area contributed by atoms with Gasteiger partial charge in [-0.2, -0.15) is 0 Å². The van der Waals surface area contributed by atoms with Crippen LogP contribution in [0.2, 0.25) is 0 Å². The summed E-state index contributed by atoms with van der Waals surface area (Å²) < 4.78 is 5.66. The van der Waals surface area contributed by atoms with Gasteiger partial charge in [-0.1, -0.05) is 24.3 Å². The number of hydrogen-bond acceptors (Lipinski definition) is 4. The fraction of sp³-hybridized carbons (Fsp3) is 0.400. The topological polar surface area (TPSA) is 54.5 Å². The number of ether oxygens (including phenoxy) is 1. The lowest BCUT2D eigenvalue weighted by Gasteiger charge is -2.36. The van der Waals surface area contributed by atoms with E-state index in [1.165, 1.54) is 0 Å². The summed E-state index contributed by atoms with van der Waals surface area (Å²) in [7, 11) is 0. The number of nitrogens with one attached hydrogen (secondary N) is 1. The van der Waals surface area contributed by atoms with Crippen LogP contribution in [0.15, 0.2) is 48.8 Å². The van der Waals surface area contributed by atoms with E-state index in [0.29, 0.717) is 19.4 Å². The first-order valence-corrected chi connectivity index (χ1v) is 8.90. The van der Waals surface area contributed by atoms with E-state index < -0.39 is 0 Å². The number of carbonyl (C=O) groups is 1. The molecule has 132 valence electrons. The minimum Gasteiger partial charge on any atom is -0.494 e. The Hall–Kier alpha value is -2.40. The standard InChI is InChI=1S/C20H25N3O2/c1-2-25-19-8-4-3-6-16(19)9-10-20(24)23-13-12-22-15-18(23)17-7-5-11-21-14-17/h3-8,11,14,18,22H,2,9-10,12-13,15H2,1H3. The molecule has 5 nitrogen and oxygen atoms in total. The zero-order valence-electron chi connectivity index (χ0n) is 14.6. The van der Waals surface area contributed by atoms with Gasteiger partial charge >= 0.3 is 0 Å². The Bertz CT molecular complexity index is 690. The number of para-hydroxylation sites is 1. The molecule has 2 aromatic rings. The maximum absolute atomic E-state index is 12.9. The summed E-state index contributed by atoms with van der Waals surface area (Å²) in [5.41, 5.74) is 2.17. The van der Waals surface area contributed by atoms with Crippen molar-refractivity contribution >= 4 is 5.91 Å². The van der Waals surface area contributed by atoms with Crippen molar-refractivity contribution in [1.82, 2.24) is 15.2 Å². The van der Waals surface area contributed by atoms with Gasteiger partial charge in [-0.15, -0.1) is 0 Å². The fourth-order valence-corrected chi connectivity index (χ4v) is 3.27. The number of amides is 1. The molecule has 1 unspecified atom stereocenters. The van der Waals surface area contributed by atoms with Crippen LogP contribution in [0.25, 0.3) is 0 Å². The second kappa shape index (κ2) is 8.62. The molecule has 1 saturated heterocycles. The van der Waals surface area contributed by atoms with E-state index in [0.717, 1.165) is 36.5 Å². The second-order valence-corrected chi connectivity index (χ2v) is 6.13. The Morgan fingerprint density at radius 1 is 1.32 bits per heavy atom. The zero-order valence-corrected chi connectivity index (χ0v) is 14.6. The minimum atomic E-state index is 0.0529. The summed E-state index contributed by atoms with van der Waals surface area (Å²) in [4.78, 5) is 19.0. The third-order valence-electron chi connectivity index (χ3n) is 4.51. The van der Waals surface area contributed by atoms with E-state index in [4.69, 9.17) is 4.74 Å².